The highest BCUT2D eigenvalue weighted by Crippen LogP contribution is 2.31. The first kappa shape index (κ1) is 9.61. The van der Waals surface area contributed by atoms with Gasteiger partial charge in [0.2, 0.25) is 0 Å². The van der Waals surface area contributed by atoms with E-state index in [2.05, 4.69) is 32.5 Å². The second-order valence-electron chi connectivity index (χ2n) is 2.84. The molecule has 72 valence electrons. The zero-order valence-electron chi connectivity index (χ0n) is 7.43. The Bertz CT molecular complexity index is 570. The molecule has 0 saturated carbocycles. The summed E-state index contributed by atoms with van der Waals surface area (Å²) < 4.78 is 0.951. The van der Waals surface area contributed by atoms with Gasteiger partial charge in [0, 0.05) is 0 Å². The van der Waals surface area contributed by atoms with Crippen molar-refractivity contribution in [3.05, 3.63) is 32.1 Å². The molecule has 2 aromatic heterocycles. The molecule has 5 heteroatoms. The molecule has 0 amide bonds. The molecule has 2 heterocycles. The van der Waals surface area contributed by atoms with E-state index in [1.165, 1.54) is 17.4 Å². The lowest BCUT2D eigenvalue weighted by Crippen LogP contribution is -2.08. The van der Waals surface area contributed by atoms with E-state index < -0.39 is 0 Å². The van der Waals surface area contributed by atoms with Crippen molar-refractivity contribution in [2.75, 3.05) is 0 Å². The summed E-state index contributed by atoms with van der Waals surface area (Å²) in [6, 6.07) is 0. The number of aromatic nitrogens is 2. The second kappa shape index (κ2) is 3.33. The van der Waals surface area contributed by atoms with Crippen molar-refractivity contribution in [3.8, 4) is 0 Å². The van der Waals surface area contributed by atoms with E-state index in [-0.39, 0.29) is 5.56 Å². The van der Waals surface area contributed by atoms with Gasteiger partial charge in [-0.2, -0.15) is 0 Å². The van der Waals surface area contributed by atoms with Gasteiger partial charge in [0.1, 0.15) is 10.7 Å². The third kappa shape index (κ3) is 1.33. The predicted molar refractivity (Wildman–Crippen MR) is 62.8 cm³/mol. The van der Waals surface area contributed by atoms with Crippen molar-refractivity contribution in [1.82, 2.24) is 9.97 Å². The third-order valence-electron chi connectivity index (χ3n) is 1.95. The quantitative estimate of drug-likeness (QED) is 0.866. The number of rotatable bonds is 1. The highest BCUT2D eigenvalue weighted by Gasteiger charge is 2.11. The maximum Gasteiger partial charge on any atom is 0.260 e. The number of H-pyrrole nitrogens is 1. The van der Waals surface area contributed by atoms with E-state index in [1.807, 2.05) is 6.92 Å². The van der Waals surface area contributed by atoms with Crippen LogP contribution in [0.5, 0.6) is 0 Å². The second-order valence-corrected chi connectivity index (χ2v) is 5.15. The Balaban J connectivity index is 2.97. The Kier molecular flexibility index (Phi) is 2.28. The number of halogens is 1. The van der Waals surface area contributed by atoms with E-state index >= 15 is 0 Å². The molecule has 2 aromatic rings. The lowest BCUT2D eigenvalue weighted by Gasteiger charge is -1.93. The van der Waals surface area contributed by atoms with Crippen molar-refractivity contribution >= 4 is 43.6 Å². The van der Waals surface area contributed by atoms with Gasteiger partial charge >= 0.3 is 0 Å². The predicted octanol–water partition coefficient (Wildman–Crippen LogP) is 2.70. The number of nitrogens with one attached hydrogen (secondary N) is 1. The summed E-state index contributed by atoms with van der Waals surface area (Å²) in [5.41, 5.74) is 0.832. The van der Waals surface area contributed by atoms with Gasteiger partial charge < -0.3 is 4.98 Å². The van der Waals surface area contributed by atoms with Crippen LogP contribution in [0, 0.1) is 6.92 Å². The minimum Gasteiger partial charge on any atom is -0.306 e. The van der Waals surface area contributed by atoms with Gasteiger partial charge in [-0.1, -0.05) is 6.58 Å². The molecule has 2 rings (SSSR count). The Hall–Kier alpha value is -0.940. The van der Waals surface area contributed by atoms with Crippen molar-refractivity contribution in [2.24, 2.45) is 0 Å². The molecular formula is C9H7BrN2OS. The normalized spacial score (nSPS) is 10.7. The number of hydrogen-bond donors (Lipinski definition) is 1. The Labute approximate surface area is 92.6 Å². The lowest BCUT2D eigenvalue weighted by atomic mass is 10.3. The van der Waals surface area contributed by atoms with Gasteiger partial charge in [-0.25, -0.2) is 4.98 Å². The van der Waals surface area contributed by atoms with E-state index in [4.69, 9.17) is 0 Å². The number of nitrogens with zero attached hydrogens (tertiary/aromatic N) is 1. The molecule has 1 N–H and O–H groups in total. The minimum absolute atomic E-state index is 0.107. The van der Waals surface area contributed by atoms with E-state index in [0.29, 0.717) is 11.2 Å². The minimum atomic E-state index is -0.107. The topological polar surface area (TPSA) is 45.8 Å². The van der Waals surface area contributed by atoms with Crippen LogP contribution < -0.4 is 5.56 Å². The molecule has 0 aromatic carbocycles. The van der Waals surface area contributed by atoms with E-state index in [0.717, 1.165) is 14.2 Å². The third-order valence-corrected chi connectivity index (χ3v) is 4.01. The fraction of sp³-hybridized carbons (Fsp3) is 0.111. The molecule has 0 saturated heterocycles. The van der Waals surface area contributed by atoms with Crippen molar-refractivity contribution < 1.29 is 0 Å². The van der Waals surface area contributed by atoms with Crippen LogP contribution in [0.15, 0.2) is 15.2 Å². The summed E-state index contributed by atoms with van der Waals surface area (Å²) in [7, 11) is 0. The first-order valence-electron chi connectivity index (χ1n) is 3.95. The molecule has 3 nitrogen and oxygen atoms in total. The van der Waals surface area contributed by atoms with E-state index in [9.17, 15) is 4.79 Å². The van der Waals surface area contributed by atoms with Crippen molar-refractivity contribution in [2.45, 2.75) is 6.92 Å². The molecule has 0 aliphatic carbocycles. The van der Waals surface area contributed by atoms with Crippen LogP contribution in [-0.2, 0) is 0 Å². The summed E-state index contributed by atoms with van der Waals surface area (Å²) in [4.78, 5) is 19.3. The first-order chi connectivity index (χ1) is 6.63. The van der Waals surface area contributed by atoms with Gasteiger partial charge in [0.15, 0.2) is 0 Å². The molecule has 0 fully saturated rings. The Morgan fingerprint density at radius 1 is 1.64 bits per heavy atom. The molecule has 0 aliphatic heterocycles. The highest BCUT2D eigenvalue weighted by molar-refractivity contribution is 9.11. The molecule has 0 atom stereocenters. The summed E-state index contributed by atoms with van der Waals surface area (Å²) in [6.07, 6.45) is 1.53. The van der Waals surface area contributed by atoms with Crippen LogP contribution in [0.3, 0.4) is 0 Å². The number of fused-ring (bicyclic) bond motifs is 1. The van der Waals surface area contributed by atoms with Gasteiger partial charge in [-0.15, -0.1) is 11.3 Å². The average Bonchev–Trinajstić information content (AvgIpc) is 2.43. The smallest absolute Gasteiger partial charge is 0.260 e. The van der Waals surface area contributed by atoms with Crippen LogP contribution in [-0.4, -0.2) is 9.97 Å². The maximum absolute atomic E-state index is 11.6. The molecule has 0 radical (unpaired) electrons. The van der Waals surface area contributed by atoms with Crippen molar-refractivity contribution in [1.29, 1.82) is 0 Å². The van der Waals surface area contributed by atoms with Gasteiger partial charge in [0.25, 0.3) is 5.56 Å². The molecule has 0 unspecified atom stereocenters. The number of hydrogen-bond acceptors (Lipinski definition) is 3. The van der Waals surface area contributed by atoms with Crippen LogP contribution in [0.2, 0.25) is 0 Å². The summed E-state index contributed by atoms with van der Waals surface area (Å²) in [5.74, 6) is 0.510. The molecule has 0 spiro atoms. The van der Waals surface area contributed by atoms with Gasteiger partial charge in [-0.3, -0.25) is 4.79 Å². The zero-order chi connectivity index (χ0) is 10.3. The fourth-order valence-electron chi connectivity index (χ4n) is 1.23. The number of aromatic amines is 1. The SMILES string of the molecule is C=Cc1nc2sc(Br)c(C)c2c(=O)[nH]1. The first-order valence-corrected chi connectivity index (χ1v) is 5.55. The maximum atomic E-state index is 11.6. The van der Waals surface area contributed by atoms with Gasteiger partial charge in [-0.05, 0) is 34.5 Å². The Morgan fingerprint density at radius 3 is 3.00 bits per heavy atom. The summed E-state index contributed by atoms with van der Waals surface area (Å²) in [6.45, 7) is 5.46. The Morgan fingerprint density at radius 2 is 2.36 bits per heavy atom. The fourth-order valence-corrected chi connectivity index (χ4v) is 2.81. The number of aryl methyl sites for hydroxylation is 1. The monoisotopic (exact) mass is 270 g/mol. The molecular weight excluding hydrogens is 264 g/mol. The standard InChI is InChI=1S/C9H7BrN2OS/c1-3-5-11-8(13)6-4(2)7(10)14-9(6)12-5/h3H,1H2,2H3,(H,11,12,13). The van der Waals surface area contributed by atoms with Crippen LogP contribution in [0.1, 0.15) is 11.4 Å². The zero-order valence-corrected chi connectivity index (χ0v) is 9.83. The average molecular weight is 271 g/mol. The molecule has 0 aliphatic rings. The molecule has 0 bridgehead atoms. The largest absolute Gasteiger partial charge is 0.306 e. The van der Waals surface area contributed by atoms with Crippen LogP contribution in [0.4, 0.5) is 0 Å². The summed E-state index contributed by atoms with van der Waals surface area (Å²) >= 11 is 4.85. The summed E-state index contributed by atoms with van der Waals surface area (Å²) in [5, 5.41) is 0.660. The number of thiophene rings is 1. The molecule has 14 heavy (non-hydrogen) atoms. The lowest BCUT2D eigenvalue weighted by molar-refractivity contribution is 1.15. The van der Waals surface area contributed by atoms with Crippen LogP contribution >= 0.6 is 27.3 Å². The highest BCUT2D eigenvalue weighted by atomic mass is 79.9. The van der Waals surface area contributed by atoms with Crippen LogP contribution in [0.25, 0.3) is 16.3 Å². The van der Waals surface area contributed by atoms with E-state index in [1.54, 1.807) is 0 Å². The van der Waals surface area contributed by atoms with Gasteiger partial charge in [0.05, 0.1) is 9.17 Å². The van der Waals surface area contributed by atoms with Crippen molar-refractivity contribution in [3.63, 3.8) is 0 Å².